The fourth-order valence-electron chi connectivity index (χ4n) is 0.934. The Kier molecular flexibility index (Phi) is 4.48. The van der Waals surface area contributed by atoms with Crippen molar-refractivity contribution in [2.45, 2.75) is 12.7 Å². The minimum absolute atomic E-state index is 0.0291. The van der Waals surface area contributed by atoms with Crippen LogP contribution >= 0.6 is 15.9 Å². The van der Waals surface area contributed by atoms with E-state index in [1.54, 1.807) is 0 Å². The van der Waals surface area contributed by atoms with E-state index in [9.17, 15) is 18.0 Å². The molecule has 1 rings (SSSR count). The average molecular weight is 301 g/mol. The van der Waals surface area contributed by atoms with Gasteiger partial charge in [0.15, 0.2) is 0 Å². The lowest BCUT2D eigenvalue weighted by molar-refractivity contribution is -0.174. The maximum Gasteiger partial charge on any atom is 0.411 e. The van der Waals surface area contributed by atoms with E-state index < -0.39 is 12.8 Å². The predicted molar refractivity (Wildman–Crippen MR) is 53.1 cm³/mol. The minimum Gasteiger partial charge on any atom is -0.370 e. The van der Waals surface area contributed by atoms with Gasteiger partial charge in [-0.05, 0) is 15.9 Å². The Balaban J connectivity index is 2.44. The van der Waals surface area contributed by atoms with Crippen molar-refractivity contribution in [2.24, 2.45) is 0 Å². The first-order valence-corrected chi connectivity index (χ1v) is 5.04. The van der Waals surface area contributed by atoms with E-state index in [0.29, 0.717) is 0 Å². The number of ether oxygens (including phenoxy) is 1. The van der Waals surface area contributed by atoms with Gasteiger partial charge in [0.25, 0.3) is 5.56 Å². The topological polar surface area (TPSA) is 44.1 Å². The first-order valence-electron chi connectivity index (χ1n) is 4.24. The van der Waals surface area contributed by atoms with E-state index >= 15 is 0 Å². The summed E-state index contributed by atoms with van der Waals surface area (Å²) in [5.74, 6) is 0. The molecular formula is C8H8BrF3N2O2. The van der Waals surface area contributed by atoms with Crippen molar-refractivity contribution in [3.05, 3.63) is 27.4 Å². The third kappa shape index (κ3) is 4.31. The van der Waals surface area contributed by atoms with Gasteiger partial charge in [-0.3, -0.25) is 9.36 Å². The van der Waals surface area contributed by atoms with E-state index in [1.807, 2.05) is 0 Å². The summed E-state index contributed by atoms with van der Waals surface area (Å²) in [5.41, 5.74) is -0.356. The Bertz CT molecular complexity index is 405. The van der Waals surface area contributed by atoms with Gasteiger partial charge in [-0.2, -0.15) is 13.2 Å². The molecule has 0 atom stereocenters. The molecule has 0 aliphatic rings. The number of hydrogen-bond acceptors (Lipinski definition) is 3. The smallest absolute Gasteiger partial charge is 0.370 e. The normalized spacial score (nSPS) is 11.8. The second-order valence-corrected chi connectivity index (χ2v) is 3.76. The number of rotatable bonds is 4. The lowest BCUT2D eigenvalue weighted by Crippen LogP contribution is -2.25. The van der Waals surface area contributed by atoms with Crippen LogP contribution in [-0.2, 0) is 11.3 Å². The van der Waals surface area contributed by atoms with Gasteiger partial charge in [0.2, 0.25) is 0 Å². The molecule has 0 aromatic carbocycles. The number of aromatic nitrogens is 2. The highest BCUT2D eigenvalue weighted by atomic mass is 79.9. The maximum atomic E-state index is 11.7. The molecule has 16 heavy (non-hydrogen) atoms. The molecule has 0 N–H and O–H groups in total. The molecule has 0 aliphatic carbocycles. The first kappa shape index (κ1) is 13.2. The zero-order valence-electron chi connectivity index (χ0n) is 8.00. The zero-order chi connectivity index (χ0) is 12.2. The molecule has 1 aromatic heterocycles. The highest BCUT2D eigenvalue weighted by Crippen LogP contribution is 2.14. The summed E-state index contributed by atoms with van der Waals surface area (Å²) in [4.78, 5) is 15.1. The van der Waals surface area contributed by atoms with Crippen LogP contribution in [0.5, 0.6) is 0 Å². The van der Waals surface area contributed by atoms with Gasteiger partial charge >= 0.3 is 6.18 Å². The maximum absolute atomic E-state index is 11.7. The SMILES string of the molecule is O=c1c(Br)cncn1CCOCC(F)(F)F. The molecule has 0 bridgehead atoms. The predicted octanol–water partition coefficient (Wildman–Crippen LogP) is 1.58. The van der Waals surface area contributed by atoms with Crippen LogP contribution in [0.2, 0.25) is 0 Å². The lowest BCUT2D eigenvalue weighted by Gasteiger charge is -2.08. The number of nitrogens with zero attached hydrogens (tertiary/aromatic N) is 2. The van der Waals surface area contributed by atoms with Crippen LogP contribution in [-0.4, -0.2) is 28.9 Å². The van der Waals surface area contributed by atoms with E-state index in [2.05, 4.69) is 25.7 Å². The number of halogens is 4. The first-order chi connectivity index (χ1) is 7.40. The van der Waals surface area contributed by atoms with Crippen molar-refractivity contribution in [3.8, 4) is 0 Å². The number of alkyl halides is 3. The molecule has 8 heteroatoms. The van der Waals surface area contributed by atoms with Crippen molar-refractivity contribution in [1.82, 2.24) is 9.55 Å². The summed E-state index contributed by atoms with van der Waals surface area (Å²) in [5, 5.41) is 0. The fourth-order valence-corrected chi connectivity index (χ4v) is 1.28. The molecule has 0 aliphatic heterocycles. The van der Waals surface area contributed by atoms with E-state index in [1.165, 1.54) is 17.1 Å². The van der Waals surface area contributed by atoms with Crippen LogP contribution in [0.3, 0.4) is 0 Å². The minimum atomic E-state index is -4.35. The molecule has 0 spiro atoms. The van der Waals surface area contributed by atoms with Crippen LogP contribution < -0.4 is 5.56 Å². The van der Waals surface area contributed by atoms with E-state index in [4.69, 9.17) is 0 Å². The second-order valence-electron chi connectivity index (χ2n) is 2.91. The summed E-state index contributed by atoms with van der Waals surface area (Å²) in [7, 11) is 0. The van der Waals surface area contributed by atoms with Gasteiger partial charge in [-0.1, -0.05) is 0 Å². The third-order valence-electron chi connectivity index (χ3n) is 1.60. The summed E-state index contributed by atoms with van der Waals surface area (Å²) in [6, 6.07) is 0. The average Bonchev–Trinajstić information content (AvgIpc) is 2.17. The van der Waals surface area contributed by atoms with Gasteiger partial charge in [0.05, 0.1) is 19.5 Å². The highest BCUT2D eigenvalue weighted by Gasteiger charge is 2.27. The molecule has 1 heterocycles. The molecular weight excluding hydrogens is 293 g/mol. The van der Waals surface area contributed by atoms with Gasteiger partial charge in [0, 0.05) is 6.20 Å². The summed E-state index contributed by atoms with van der Waals surface area (Å²) in [6.45, 7) is -1.48. The zero-order valence-corrected chi connectivity index (χ0v) is 9.58. The Morgan fingerprint density at radius 1 is 1.50 bits per heavy atom. The standard InChI is InChI=1S/C8H8BrF3N2O2/c9-6-3-13-5-14(7(6)15)1-2-16-4-8(10,11)12/h3,5H,1-2,4H2. The van der Waals surface area contributed by atoms with Crippen molar-refractivity contribution >= 4 is 15.9 Å². The van der Waals surface area contributed by atoms with Gasteiger partial charge in [0.1, 0.15) is 11.1 Å². The molecule has 4 nitrogen and oxygen atoms in total. The molecule has 0 radical (unpaired) electrons. The summed E-state index contributed by atoms with van der Waals surface area (Å²) < 4.78 is 40.9. The van der Waals surface area contributed by atoms with Crippen molar-refractivity contribution in [1.29, 1.82) is 0 Å². The summed E-state index contributed by atoms with van der Waals surface area (Å²) >= 11 is 2.97. The van der Waals surface area contributed by atoms with Crippen LogP contribution in [0.1, 0.15) is 0 Å². The third-order valence-corrected chi connectivity index (χ3v) is 2.15. The molecule has 1 aromatic rings. The quantitative estimate of drug-likeness (QED) is 0.793. The van der Waals surface area contributed by atoms with Gasteiger partial charge < -0.3 is 4.74 Å². The van der Waals surface area contributed by atoms with Gasteiger partial charge in [-0.25, -0.2) is 4.98 Å². The largest absolute Gasteiger partial charge is 0.411 e. The molecule has 0 saturated carbocycles. The summed E-state index contributed by atoms with van der Waals surface area (Å²) in [6.07, 6.45) is -1.79. The Morgan fingerprint density at radius 2 is 2.19 bits per heavy atom. The van der Waals surface area contributed by atoms with E-state index in [0.717, 1.165) is 0 Å². The van der Waals surface area contributed by atoms with Gasteiger partial charge in [-0.15, -0.1) is 0 Å². The molecule has 0 amide bonds. The second kappa shape index (κ2) is 5.44. The van der Waals surface area contributed by atoms with Crippen LogP contribution in [0.25, 0.3) is 0 Å². The molecule has 0 unspecified atom stereocenters. The monoisotopic (exact) mass is 300 g/mol. The van der Waals surface area contributed by atoms with E-state index in [-0.39, 0.29) is 23.2 Å². The number of hydrogen-bond donors (Lipinski definition) is 0. The Morgan fingerprint density at radius 3 is 2.81 bits per heavy atom. The van der Waals surface area contributed by atoms with Crippen LogP contribution in [0.4, 0.5) is 13.2 Å². The highest BCUT2D eigenvalue weighted by molar-refractivity contribution is 9.10. The van der Waals surface area contributed by atoms with Crippen molar-refractivity contribution in [2.75, 3.05) is 13.2 Å². The van der Waals surface area contributed by atoms with Crippen molar-refractivity contribution < 1.29 is 17.9 Å². The molecule has 90 valence electrons. The van der Waals surface area contributed by atoms with Crippen LogP contribution in [0, 0.1) is 0 Å². The molecule has 0 saturated heterocycles. The van der Waals surface area contributed by atoms with Crippen molar-refractivity contribution in [3.63, 3.8) is 0 Å². The molecule has 0 fully saturated rings. The van der Waals surface area contributed by atoms with Crippen LogP contribution in [0.15, 0.2) is 21.8 Å². The Hall–Kier alpha value is -0.890. The Labute approximate surface area is 97.2 Å². The fraction of sp³-hybridized carbons (Fsp3) is 0.500. The lowest BCUT2D eigenvalue weighted by atomic mass is 10.6.